The van der Waals surface area contributed by atoms with Crippen LogP contribution in [0.3, 0.4) is 0 Å². The highest BCUT2D eigenvalue weighted by molar-refractivity contribution is 6.21. The zero-order chi connectivity index (χ0) is 46.1. The highest BCUT2D eigenvalue weighted by atomic mass is 15.0. The fourth-order valence-electron chi connectivity index (χ4n) is 10.7. The number of para-hydroxylation sites is 5. The maximum Gasteiger partial charge on any atom is 0.160 e. The Morgan fingerprint density at radius 3 is 1.43 bits per heavy atom. The summed E-state index contributed by atoms with van der Waals surface area (Å²) in [6.07, 6.45) is 0. The molecule has 0 saturated carbocycles. The molecule has 326 valence electrons. The van der Waals surface area contributed by atoms with E-state index in [2.05, 4.69) is 240 Å². The van der Waals surface area contributed by atoms with Gasteiger partial charge in [0.2, 0.25) is 0 Å². The highest BCUT2D eigenvalue weighted by Gasteiger charge is 2.20. The highest BCUT2D eigenvalue weighted by Crippen LogP contribution is 2.42. The smallest absolute Gasteiger partial charge is 0.160 e. The van der Waals surface area contributed by atoms with Crippen LogP contribution in [0.4, 0.5) is 0 Å². The van der Waals surface area contributed by atoms with Crippen molar-refractivity contribution in [1.82, 2.24) is 24.1 Å². The summed E-state index contributed by atoms with van der Waals surface area (Å²) in [6.45, 7) is 0. The Morgan fingerprint density at radius 2 is 0.757 bits per heavy atom. The van der Waals surface area contributed by atoms with Crippen LogP contribution in [0.25, 0.3) is 133 Å². The van der Waals surface area contributed by atoms with Crippen molar-refractivity contribution in [3.63, 3.8) is 0 Å². The number of benzene rings is 10. The molecule has 4 aromatic heterocycles. The first kappa shape index (κ1) is 39.7. The van der Waals surface area contributed by atoms with E-state index in [4.69, 9.17) is 15.0 Å². The number of aromatic nitrogens is 5. The molecule has 70 heavy (non-hydrogen) atoms. The van der Waals surface area contributed by atoms with Crippen LogP contribution in [0, 0.1) is 0 Å². The standard InChI is InChI=1S/C65H41N5/c1-4-18-44(19-5-1)63-56-40-62-55(52-28-12-15-33-61(52)69(62)47-23-8-3-9-24-47)39-54(56)53-30-17-29-49(64(53)68-63)42-34-36-43(37-35-42)57-41-58(67-65(66-57)45-20-6-2-7-21-45)46-22-16-25-48(38-46)70-59-31-13-10-26-50(59)51-27-11-14-32-60(51)70/h1-41H. The Bertz CT molecular complexity index is 4270. The van der Waals surface area contributed by atoms with Gasteiger partial charge in [-0.05, 0) is 71.6 Å². The molecule has 5 heteroatoms. The zero-order valence-electron chi connectivity index (χ0n) is 37.9. The molecule has 0 atom stereocenters. The molecule has 0 unspecified atom stereocenters. The fourth-order valence-corrected chi connectivity index (χ4v) is 10.7. The zero-order valence-corrected chi connectivity index (χ0v) is 37.9. The van der Waals surface area contributed by atoms with Crippen LogP contribution in [0.15, 0.2) is 249 Å². The van der Waals surface area contributed by atoms with Crippen molar-refractivity contribution in [2.24, 2.45) is 0 Å². The summed E-state index contributed by atoms with van der Waals surface area (Å²) in [7, 11) is 0. The van der Waals surface area contributed by atoms with Crippen molar-refractivity contribution >= 4 is 65.3 Å². The number of hydrogen-bond donors (Lipinski definition) is 0. The molecule has 0 aliphatic rings. The van der Waals surface area contributed by atoms with E-state index in [-0.39, 0.29) is 0 Å². The largest absolute Gasteiger partial charge is 0.309 e. The third-order valence-electron chi connectivity index (χ3n) is 13.9. The van der Waals surface area contributed by atoms with Crippen LogP contribution < -0.4 is 0 Å². The van der Waals surface area contributed by atoms with Gasteiger partial charge in [0, 0.05) is 71.5 Å². The van der Waals surface area contributed by atoms with Crippen LogP contribution in [0.2, 0.25) is 0 Å². The minimum absolute atomic E-state index is 0.680. The van der Waals surface area contributed by atoms with Gasteiger partial charge in [-0.15, -0.1) is 0 Å². The van der Waals surface area contributed by atoms with E-state index in [1.165, 1.54) is 43.5 Å². The van der Waals surface area contributed by atoms with Gasteiger partial charge in [-0.3, -0.25) is 0 Å². The molecule has 0 spiro atoms. The minimum Gasteiger partial charge on any atom is -0.309 e. The molecule has 0 amide bonds. The number of nitrogens with zero attached hydrogens (tertiary/aromatic N) is 5. The van der Waals surface area contributed by atoms with Gasteiger partial charge in [0.25, 0.3) is 0 Å². The van der Waals surface area contributed by atoms with Gasteiger partial charge in [0.05, 0.1) is 44.7 Å². The maximum absolute atomic E-state index is 5.61. The second-order valence-electron chi connectivity index (χ2n) is 18.0. The molecule has 0 radical (unpaired) electrons. The lowest BCUT2D eigenvalue weighted by Crippen LogP contribution is -1.98. The summed E-state index contributed by atoms with van der Waals surface area (Å²) in [5, 5.41) is 8.31. The van der Waals surface area contributed by atoms with Crippen LogP contribution >= 0.6 is 0 Å². The van der Waals surface area contributed by atoms with Gasteiger partial charge >= 0.3 is 0 Å². The molecule has 10 aromatic carbocycles. The van der Waals surface area contributed by atoms with Crippen molar-refractivity contribution in [2.75, 3.05) is 0 Å². The molecular formula is C65H41N5. The topological polar surface area (TPSA) is 48.5 Å². The number of pyridine rings is 1. The first-order chi connectivity index (χ1) is 34.7. The first-order valence-corrected chi connectivity index (χ1v) is 23.8. The maximum atomic E-state index is 5.61. The van der Waals surface area contributed by atoms with Gasteiger partial charge in [-0.2, -0.15) is 0 Å². The normalized spacial score (nSPS) is 11.7. The molecule has 0 bridgehead atoms. The lowest BCUT2D eigenvalue weighted by molar-refractivity contribution is 1.16. The average Bonchev–Trinajstić information content (AvgIpc) is 3.95. The third kappa shape index (κ3) is 6.44. The predicted octanol–water partition coefficient (Wildman–Crippen LogP) is 16.7. The van der Waals surface area contributed by atoms with E-state index in [1.54, 1.807) is 0 Å². The van der Waals surface area contributed by atoms with Crippen LogP contribution in [-0.2, 0) is 0 Å². The molecule has 0 fully saturated rings. The van der Waals surface area contributed by atoms with Crippen LogP contribution in [0.5, 0.6) is 0 Å². The summed E-state index contributed by atoms with van der Waals surface area (Å²) in [5.74, 6) is 0.680. The van der Waals surface area contributed by atoms with Gasteiger partial charge in [-0.1, -0.05) is 188 Å². The summed E-state index contributed by atoms with van der Waals surface area (Å²) < 4.78 is 4.74. The van der Waals surface area contributed by atoms with E-state index in [1.807, 2.05) is 18.2 Å². The monoisotopic (exact) mass is 891 g/mol. The summed E-state index contributed by atoms with van der Waals surface area (Å²) in [5.41, 5.74) is 16.7. The molecule has 0 aliphatic heterocycles. The molecular weight excluding hydrogens is 851 g/mol. The Kier molecular flexibility index (Phi) is 9.14. The lowest BCUT2D eigenvalue weighted by atomic mass is 9.94. The SMILES string of the molecule is c1ccc(-c2nc(-c3ccc(-c4cccc5c4nc(-c4ccccc4)c4cc6c(cc45)c4ccccc4n6-c4ccccc4)cc3)cc(-c3cccc(-n4c5ccccc5c5ccccc54)c3)n2)cc1. The van der Waals surface area contributed by atoms with Crippen molar-refractivity contribution in [3.05, 3.63) is 249 Å². The molecule has 14 aromatic rings. The van der Waals surface area contributed by atoms with E-state index >= 15 is 0 Å². The molecule has 0 saturated heterocycles. The molecule has 14 rings (SSSR count). The quantitative estimate of drug-likeness (QED) is 0.150. The van der Waals surface area contributed by atoms with Crippen LogP contribution in [0.1, 0.15) is 0 Å². The van der Waals surface area contributed by atoms with E-state index in [9.17, 15) is 0 Å². The van der Waals surface area contributed by atoms with Crippen molar-refractivity contribution in [3.8, 4) is 67.7 Å². The van der Waals surface area contributed by atoms with Crippen molar-refractivity contribution < 1.29 is 0 Å². The second-order valence-corrected chi connectivity index (χ2v) is 18.0. The van der Waals surface area contributed by atoms with E-state index in [0.29, 0.717) is 5.82 Å². The number of rotatable bonds is 7. The van der Waals surface area contributed by atoms with Crippen molar-refractivity contribution in [2.45, 2.75) is 0 Å². The summed E-state index contributed by atoms with van der Waals surface area (Å²) in [6, 6.07) is 88.5. The third-order valence-corrected chi connectivity index (χ3v) is 13.9. The fraction of sp³-hybridized carbons (Fsp3) is 0. The number of fused-ring (bicyclic) bond motifs is 9. The lowest BCUT2D eigenvalue weighted by Gasteiger charge is -2.15. The molecule has 5 nitrogen and oxygen atoms in total. The predicted molar refractivity (Wildman–Crippen MR) is 291 cm³/mol. The Morgan fingerprint density at radius 1 is 0.257 bits per heavy atom. The molecule has 0 aliphatic carbocycles. The molecule has 0 N–H and O–H groups in total. The Labute approximate surface area is 403 Å². The van der Waals surface area contributed by atoms with Gasteiger partial charge < -0.3 is 9.13 Å². The van der Waals surface area contributed by atoms with Gasteiger partial charge in [-0.25, -0.2) is 15.0 Å². The average molecular weight is 892 g/mol. The second kappa shape index (κ2) is 16.1. The van der Waals surface area contributed by atoms with Crippen LogP contribution in [-0.4, -0.2) is 24.1 Å². The molecule has 4 heterocycles. The van der Waals surface area contributed by atoms with Crippen molar-refractivity contribution in [1.29, 1.82) is 0 Å². The van der Waals surface area contributed by atoms with E-state index in [0.717, 1.165) is 83.6 Å². The summed E-state index contributed by atoms with van der Waals surface area (Å²) >= 11 is 0. The minimum atomic E-state index is 0.680. The van der Waals surface area contributed by atoms with E-state index < -0.39 is 0 Å². The van der Waals surface area contributed by atoms with Gasteiger partial charge in [0.15, 0.2) is 5.82 Å². The Balaban J connectivity index is 0.913. The number of hydrogen-bond acceptors (Lipinski definition) is 3. The Hall–Kier alpha value is -9.45. The summed E-state index contributed by atoms with van der Waals surface area (Å²) in [4.78, 5) is 16.1. The first-order valence-electron chi connectivity index (χ1n) is 23.8. The van der Waals surface area contributed by atoms with Gasteiger partial charge in [0.1, 0.15) is 0 Å².